The van der Waals surface area contributed by atoms with Crippen LogP contribution in [0.1, 0.15) is 12.0 Å². The summed E-state index contributed by atoms with van der Waals surface area (Å²) in [6, 6.07) is 14.4. The van der Waals surface area contributed by atoms with Gasteiger partial charge in [0.05, 0.1) is 21.3 Å². The van der Waals surface area contributed by atoms with E-state index in [1.54, 1.807) is 28.4 Å². The van der Waals surface area contributed by atoms with Gasteiger partial charge in [0.2, 0.25) is 5.75 Å². The number of halogens is 1. The lowest BCUT2D eigenvalue weighted by Crippen LogP contribution is -2.37. The van der Waals surface area contributed by atoms with Gasteiger partial charge in [-0.25, -0.2) is 0 Å². The Morgan fingerprint density at radius 1 is 0.935 bits per heavy atom. The van der Waals surface area contributed by atoms with Crippen molar-refractivity contribution < 1.29 is 14.2 Å². The van der Waals surface area contributed by atoms with Crippen molar-refractivity contribution in [3.05, 3.63) is 54.2 Å². The standard InChI is InChI=1S/C23H30N4O3.HI/c1-24-23(25-13-7-14-27-15-12-17-8-5-6-9-19(17)27)26-16-18-10-11-20(28-2)22(30-4)21(18)29-3;/h5-6,8-12,15H,7,13-14,16H2,1-4H3,(H2,24,25,26);1H. The van der Waals surface area contributed by atoms with Gasteiger partial charge in [0.15, 0.2) is 17.5 Å². The van der Waals surface area contributed by atoms with E-state index in [0.717, 1.165) is 31.0 Å². The fourth-order valence-corrected chi connectivity index (χ4v) is 3.49. The second-order valence-electron chi connectivity index (χ2n) is 6.77. The first-order chi connectivity index (χ1) is 14.7. The predicted molar refractivity (Wildman–Crippen MR) is 136 cm³/mol. The van der Waals surface area contributed by atoms with E-state index in [-0.39, 0.29) is 24.0 Å². The highest BCUT2D eigenvalue weighted by Gasteiger charge is 2.15. The number of fused-ring (bicyclic) bond motifs is 1. The van der Waals surface area contributed by atoms with Crippen LogP contribution in [0.25, 0.3) is 10.9 Å². The number of aliphatic imine (C=N–C) groups is 1. The van der Waals surface area contributed by atoms with Gasteiger partial charge in [0.25, 0.3) is 0 Å². The third-order valence-electron chi connectivity index (χ3n) is 5.00. The molecule has 31 heavy (non-hydrogen) atoms. The molecule has 0 atom stereocenters. The first kappa shape index (κ1) is 24.6. The molecule has 0 bridgehead atoms. The van der Waals surface area contributed by atoms with Crippen molar-refractivity contribution in [2.24, 2.45) is 4.99 Å². The summed E-state index contributed by atoms with van der Waals surface area (Å²) in [5.41, 5.74) is 2.22. The molecule has 0 saturated carbocycles. The number of benzene rings is 2. The Labute approximate surface area is 200 Å². The highest BCUT2D eigenvalue weighted by Crippen LogP contribution is 2.39. The van der Waals surface area contributed by atoms with E-state index < -0.39 is 0 Å². The van der Waals surface area contributed by atoms with Gasteiger partial charge in [-0.2, -0.15) is 0 Å². The summed E-state index contributed by atoms with van der Waals surface area (Å²) < 4.78 is 18.6. The minimum atomic E-state index is 0. The van der Waals surface area contributed by atoms with Gasteiger partial charge >= 0.3 is 0 Å². The molecule has 0 unspecified atom stereocenters. The van der Waals surface area contributed by atoms with Crippen LogP contribution in [0, 0.1) is 0 Å². The van der Waals surface area contributed by atoms with Crippen LogP contribution in [-0.2, 0) is 13.1 Å². The number of hydrogen-bond acceptors (Lipinski definition) is 4. The summed E-state index contributed by atoms with van der Waals surface area (Å²) in [7, 11) is 6.60. The van der Waals surface area contributed by atoms with Crippen LogP contribution in [0.2, 0.25) is 0 Å². The fourth-order valence-electron chi connectivity index (χ4n) is 3.49. The maximum absolute atomic E-state index is 5.54. The zero-order chi connectivity index (χ0) is 21.3. The molecule has 0 aliphatic carbocycles. The molecule has 7 nitrogen and oxygen atoms in total. The highest BCUT2D eigenvalue weighted by atomic mass is 127. The fraction of sp³-hybridized carbons (Fsp3) is 0.348. The molecule has 1 aromatic heterocycles. The number of aryl methyl sites for hydroxylation is 1. The summed E-state index contributed by atoms with van der Waals surface area (Å²) >= 11 is 0. The number of hydrogen-bond donors (Lipinski definition) is 2. The Hall–Kier alpha value is -2.62. The number of para-hydroxylation sites is 1. The maximum atomic E-state index is 5.54. The van der Waals surface area contributed by atoms with Gasteiger partial charge in [-0.1, -0.05) is 18.2 Å². The van der Waals surface area contributed by atoms with Crippen LogP contribution in [-0.4, -0.2) is 45.4 Å². The molecule has 0 amide bonds. The smallest absolute Gasteiger partial charge is 0.203 e. The summed E-state index contributed by atoms with van der Waals surface area (Å²) in [6.07, 6.45) is 3.13. The number of methoxy groups -OCH3 is 3. The van der Waals surface area contributed by atoms with Gasteiger partial charge in [-0.3, -0.25) is 4.99 Å². The van der Waals surface area contributed by atoms with E-state index in [4.69, 9.17) is 14.2 Å². The normalized spacial score (nSPS) is 11.0. The average Bonchev–Trinajstić information content (AvgIpc) is 3.20. The highest BCUT2D eigenvalue weighted by molar-refractivity contribution is 14.0. The van der Waals surface area contributed by atoms with E-state index in [0.29, 0.717) is 23.8 Å². The second-order valence-corrected chi connectivity index (χ2v) is 6.77. The van der Waals surface area contributed by atoms with Crippen LogP contribution >= 0.6 is 24.0 Å². The third kappa shape index (κ3) is 5.96. The van der Waals surface area contributed by atoms with E-state index in [1.165, 1.54) is 10.9 Å². The Morgan fingerprint density at radius 3 is 2.42 bits per heavy atom. The molecular formula is C23H31IN4O3. The topological polar surface area (TPSA) is 69.0 Å². The van der Waals surface area contributed by atoms with Gasteiger partial charge in [0, 0.05) is 44.0 Å². The van der Waals surface area contributed by atoms with Crippen molar-refractivity contribution in [2.45, 2.75) is 19.5 Å². The Bertz CT molecular complexity index is 1000. The summed E-state index contributed by atoms with van der Waals surface area (Å²) in [4.78, 5) is 4.31. The van der Waals surface area contributed by atoms with Crippen LogP contribution in [0.3, 0.4) is 0 Å². The molecule has 2 aromatic carbocycles. The molecule has 0 aliphatic heterocycles. The zero-order valence-electron chi connectivity index (χ0n) is 18.5. The number of ether oxygens (including phenoxy) is 3. The minimum absolute atomic E-state index is 0. The predicted octanol–water partition coefficient (Wildman–Crippen LogP) is 4.04. The molecule has 0 spiro atoms. The lowest BCUT2D eigenvalue weighted by Gasteiger charge is -2.17. The lowest BCUT2D eigenvalue weighted by molar-refractivity contribution is 0.322. The van der Waals surface area contributed by atoms with Gasteiger partial charge in [-0.15, -0.1) is 24.0 Å². The quantitative estimate of drug-likeness (QED) is 0.186. The molecule has 8 heteroatoms. The van der Waals surface area contributed by atoms with E-state index in [2.05, 4.69) is 56.7 Å². The number of rotatable bonds is 9. The van der Waals surface area contributed by atoms with E-state index in [9.17, 15) is 0 Å². The largest absolute Gasteiger partial charge is 0.493 e. The SMILES string of the molecule is CN=C(NCCCn1ccc2ccccc21)NCc1ccc(OC)c(OC)c1OC.I. The Kier molecular flexibility index (Phi) is 9.77. The monoisotopic (exact) mass is 538 g/mol. The van der Waals surface area contributed by atoms with Gasteiger partial charge < -0.3 is 29.4 Å². The van der Waals surface area contributed by atoms with Crippen molar-refractivity contribution in [3.63, 3.8) is 0 Å². The first-order valence-corrected chi connectivity index (χ1v) is 9.98. The van der Waals surface area contributed by atoms with E-state index >= 15 is 0 Å². The summed E-state index contributed by atoms with van der Waals surface area (Å²) in [6.45, 7) is 2.31. The van der Waals surface area contributed by atoms with E-state index in [1.807, 2.05) is 12.1 Å². The van der Waals surface area contributed by atoms with Crippen molar-refractivity contribution in [3.8, 4) is 17.2 Å². The molecule has 0 aliphatic rings. The maximum Gasteiger partial charge on any atom is 0.203 e. The summed E-state index contributed by atoms with van der Waals surface area (Å²) in [5.74, 6) is 2.61. The third-order valence-corrected chi connectivity index (χ3v) is 5.00. The van der Waals surface area contributed by atoms with Crippen LogP contribution < -0.4 is 24.8 Å². The van der Waals surface area contributed by atoms with Crippen molar-refractivity contribution >= 4 is 40.8 Å². The molecular weight excluding hydrogens is 507 g/mol. The lowest BCUT2D eigenvalue weighted by atomic mass is 10.1. The van der Waals surface area contributed by atoms with Crippen LogP contribution in [0.4, 0.5) is 0 Å². The average molecular weight is 538 g/mol. The molecule has 168 valence electrons. The molecule has 0 fully saturated rings. The first-order valence-electron chi connectivity index (χ1n) is 9.98. The zero-order valence-corrected chi connectivity index (χ0v) is 20.8. The molecule has 1 heterocycles. The minimum Gasteiger partial charge on any atom is -0.493 e. The number of guanidine groups is 1. The molecule has 3 rings (SSSR count). The number of nitrogens with zero attached hydrogens (tertiary/aromatic N) is 2. The van der Waals surface area contributed by atoms with Crippen LogP contribution in [0.15, 0.2) is 53.7 Å². The molecule has 0 saturated heterocycles. The van der Waals surface area contributed by atoms with Crippen LogP contribution in [0.5, 0.6) is 17.2 Å². The van der Waals surface area contributed by atoms with Gasteiger partial charge in [-0.05, 0) is 36.1 Å². The molecule has 3 aromatic rings. The Morgan fingerprint density at radius 2 is 1.71 bits per heavy atom. The molecule has 0 radical (unpaired) electrons. The second kappa shape index (κ2) is 12.3. The number of nitrogens with one attached hydrogen (secondary N) is 2. The van der Waals surface area contributed by atoms with Crippen molar-refractivity contribution in [2.75, 3.05) is 34.9 Å². The van der Waals surface area contributed by atoms with Crippen molar-refractivity contribution in [1.29, 1.82) is 0 Å². The number of aromatic nitrogens is 1. The van der Waals surface area contributed by atoms with Gasteiger partial charge in [0.1, 0.15) is 0 Å². The summed E-state index contributed by atoms with van der Waals surface area (Å²) in [5, 5.41) is 7.97. The Balaban J connectivity index is 0.00000341. The van der Waals surface area contributed by atoms with Crippen molar-refractivity contribution in [1.82, 2.24) is 15.2 Å². The molecule has 2 N–H and O–H groups in total.